The number of hydrogen-bond donors (Lipinski definition) is 3. The number of rotatable bonds is 6. The number of halogens is 2. The van der Waals surface area contributed by atoms with E-state index in [1.54, 1.807) is 19.1 Å². The van der Waals surface area contributed by atoms with Crippen molar-refractivity contribution in [1.82, 2.24) is 19.9 Å². The maximum atomic E-state index is 14.8. The number of hydrazone groups is 1. The Kier molecular flexibility index (Phi) is 7.23. The highest BCUT2D eigenvalue weighted by atomic mass is 35.5. The lowest BCUT2D eigenvalue weighted by Crippen LogP contribution is -2.34. The molecule has 0 radical (unpaired) electrons. The van der Waals surface area contributed by atoms with E-state index in [1.807, 2.05) is 30.3 Å². The van der Waals surface area contributed by atoms with Gasteiger partial charge in [-0.15, -0.1) is 0 Å². The number of fused-ring (bicyclic) bond motifs is 2. The number of ether oxygens (including phenoxy) is 2. The molecule has 5 N–H and O–H groups in total. The lowest BCUT2D eigenvalue weighted by molar-refractivity contribution is -0.0712. The number of aryl methyl sites for hydroxylation is 1. The van der Waals surface area contributed by atoms with Crippen LogP contribution < -0.4 is 26.6 Å². The van der Waals surface area contributed by atoms with Gasteiger partial charge in [-0.2, -0.15) is 5.10 Å². The number of likely N-dealkylation sites (tertiary alicyclic amines) is 1. The van der Waals surface area contributed by atoms with Gasteiger partial charge in [-0.05, 0) is 81.2 Å². The molecule has 1 unspecified atom stereocenters. The zero-order valence-electron chi connectivity index (χ0n) is 23.0. The molecule has 1 atom stereocenters. The zero-order chi connectivity index (χ0) is 28.7. The van der Waals surface area contributed by atoms with Crippen molar-refractivity contribution in [3.05, 3.63) is 88.0 Å². The van der Waals surface area contributed by atoms with Crippen LogP contribution in [0.25, 0.3) is 11.0 Å². The van der Waals surface area contributed by atoms with Gasteiger partial charge in [-0.25, -0.2) is 15.2 Å². The first-order chi connectivity index (χ1) is 19.8. The lowest BCUT2D eigenvalue weighted by atomic mass is 9.88. The van der Waals surface area contributed by atoms with Crippen LogP contribution >= 0.6 is 11.6 Å². The van der Waals surface area contributed by atoms with Gasteiger partial charge in [-0.1, -0.05) is 23.7 Å². The number of amidine groups is 1. The number of piperidine rings is 1. The third kappa shape index (κ3) is 4.96. The fourth-order valence-electron chi connectivity index (χ4n) is 6.03. The van der Waals surface area contributed by atoms with Crippen LogP contribution in [0.5, 0.6) is 11.5 Å². The van der Waals surface area contributed by atoms with Crippen LogP contribution in [0.4, 0.5) is 4.39 Å². The summed E-state index contributed by atoms with van der Waals surface area (Å²) in [4.78, 5) is 7.39. The number of imidazole rings is 1. The predicted molar refractivity (Wildman–Crippen MR) is 157 cm³/mol. The Bertz CT molecular complexity index is 1630. The highest BCUT2D eigenvalue weighted by molar-refractivity contribution is 6.30. The summed E-state index contributed by atoms with van der Waals surface area (Å²) in [6.45, 7) is 7.26. The van der Waals surface area contributed by atoms with Gasteiger partial charge in [-0.3, -0.25) is 4.90 Å². The van der Waals surface area contributed by atoms with Crippen molar-refractivity contribution in [3.63, 3.8) is 0 Å². The molecule has 2 aliphatic heterocycles. The van der Waals surface area contributed by atoms with E-state index in [4.69, 9.17) is 37.7 Å². The lowest BCUT2D eigenvalue weighted by Gasteiger charge is -2.32. The Hall–Kier alpha value is -3.86. The van der Waals surface area contributed by atoms with Crippen LogP contribution in [0.15, 0.2) is 59.7 Å². The Morgan fingerprint density at radius 3 is 2.68 bits per heavy atom. The average molecular weight is 578 g/mol. The number of nitrogens with two attached hydrogens (primary N) is 2. The number of hydrazine groups is 1. The van der Waals surface area contributed by atoms with Crippen molar-refractivity contribution >= 4 is 28.5 Å². The second-order valence-corrected chi connectivity index (χ2v) is 11.0. The molecule has 0 amide bonds. The number of nitrogens with one attached hydrogen (secondary N) is 1. The molecule has 41 heavy (non-hydrogen) atoms. The molecule has 4 aromatic rings. The second kappa shape index (κ2) is 10.8. The summed E-state index contributed by atoms with van der Waals surface area (Å²) in [5.74, 6) is 12.3. The van der Waals surface area contributed by atoms with Crippen molar-refractivity contribution < 1.29 is 13.9 Å². The Morgan fingerprint density at radius 1 is 1.17 bits per heavy atom. The molecule has 3 aromatic carbocycles. The van der Waals surface area contributed by atoms with Crippen LogP contribution in [-0.4, -0.2) is 33.4 Å². The maximum absolute atomic E-state index is 14.8. The van der Waals surface area contributed by atoms with E-state index in [-0.39, 0.29) is 0 Å². The summed E-state index contributed by atoms with van der Waals surface area (Å²) in [6.07, 6.45) is 1.92. The van der Waals surface area contributed by atoms with E-state index in [9.17, 15) is 4.39 Å². The molecule has 2 aliphatic rings. The fraction of sp³-hybridized carbons (Fsp3) is 0.333. The van der Waals surface area contributed by atoms with Crippen LogP contribution in [0.1, 0.15) is 55.1 Å². The smallest absolute Gasteiger partial charge is 0.278 e. The SMILES string of the molecule is CCn1c(CN2CCC(c3cccc4c3OC(C)(c3ccc(Cl)cc3F)O4)CC2)nc2cc(/C(=N/N)NN)ccc21. The van der Waals surface area contributed by atoms with E-state index in [1.165, 1.54) is 6.07 Å². The molecule has 11 heteroatoms. The summed E-state index contributed by atoms with van der Waals surface area (Å²) in [6, 6.07) is 16.4. The zero-order valence-corrected chi connectivity index (χ0v) is 23.8. The molecule has 0 spiro atoms. The highest BCUT2D eigenvalue weighted by Gasteiger charge is 2.43. The normalized spacial score (nSPS) is 19.7. The summed E-state index contributed by atoms with van der Waals surface area (Å²) >= 11 is 5.97. The van der Waals surface area contributed by atoms with Crippen molar-refractivity contribution in [3.8, 4) is 11.5 Å². The summed E-state index contributed by atoms with van der Waals surface area (Å²) in [5.41, 5.74) is 6.66. The van der Waals surface area contributed by atoms with Crippen LogP contribution in [0.2, 0.25) is 5.02 Å². The van der Waals surface area contributed by atoms with Crippen molar-refractivity contribution in [1.29, 1.82) is 0 Å². The van der Waals surface area contributed by atoms with Gasteiger partial charge in [0.2, 0.25) is 0 Å². The van der Waals surface area contributed by atoms with E-state index in [0.29, 0.717) is 33.8 Å². The quantitative estimate of drug-likeness (QED) is 0.128. The molecule has 9 nitrogen and oxygen atoms in total. The highest BCUT2D eigenvalue weighted by Crippen LogP contribution is 2.49. The number of benzene rings is 3. The van der Waals surface area contributed by atoms with Gasteiger partial charge in [0.05, 0.1) is 23.1 Å². The molecule has 6 rings (SSSR count). The van der Waals surface area contributed by atoms with E-state index >= 15 is 0 Å². The van der Waals surface area contributed by atoms with Crippen LogP contribution in [0.3, 0.4) is 0 Å². The minimum absolute atomic E-state index is 0.299. The number of aromatic nitrogens is 2. The Balaban J connectivity index is 1.17. The molecule has 1 fully saturated rings. The van der Waals surface area contributed by atoms with Gasteiger partial charge in [0, 0.05) is 29.6 Å². The van der Waals surface area contributed by atoms with Crippen molar-refractivity contribution in [2.24, 2.45) is 16.8 Å². The van der Waals surface area contributed by atoms with Crippen LogP contribution in [-0.2, 0) is 18.9 Å². The van der Waals surface area contributed by atoms with Gasteiger partial charge in [0.1, 0.15) is 11.6 Å². The molecule has 3 heterocycles. The van der Waals surface area contributed by atoms with Gasteiger partial charge in [0.15, 0.2) is 17.3 Å². The molecule has 0 aliphatic carbocycles. The molecule has 0 bridgehead atoms. The largest absolute Gasteiger partial charge is 0.444 e. The number of hydrogen-bond acceptors (Lipinski definition) is 7. The van der Waals surface area contributed by atoms with Gasteiger partial charge >= 0.3 is 0 Å². The first-order valence-corrected chi connectivity index (χ1v) is 14.1. The molecule has 214 valence electrons. The third-order valence-corrected chi connectivity index (χ3v) is 8.34. The monoisotopic (exact) mass is 577 g/mol. The van der Waals surface area contributed by atoms with Gasteiger partial charge < -0.3 is 25.3 Å². The number of nitrogens with zero attached hydrogens (tertiary/aromatic N) is 4. The first-order valence-electron chi connectivity index (χ1n) is 13.8. The van der Waals surface area contributed by atoms with Gasteiger partial charge in [0.25, 0.3) is 5.79 Å². The molecular formula is C30H33ClFN7O2. The predicted octanol–water partition coefficient (Wildman–Crippen LogP) is 4.96. The van der Waals surface area contributed by atoms with E-state index in [2.05, 4.69) is 33.0 Å². The minimum Gasteiger partial charge on any atom is -0.444 e. The Morgan fingerprint density at radius 2 is 1.98 bits per heavy atom. The maximum Gasteiger partial charge on any atom is 0.278 e. The third-order valence-electron chi connectivity index (χ3n) is 8.11. The van der Waals surface area contributed by atoms with E-state index in [0.717, 1.165) is 67.0 Å². The fourth-order valence-corrected chi connectivity index (χ4v) is 6.19. The Labute approximate surface area is 242 Å². The average Bonchev–Trinajstić information content (AvgIpc) is 3.50. The van der Waals surface area contributed by atoms with E-state index < -0.39 is 11.6 Å². The second-order valence-electron chi connectivity index (χ2n) is 10.6. The summed E-state index contributed by atoms with van der Waals surface area (Å²) in [5, 5.41) is 4.04. The number of para-hydroxylation sites is 1. The van der Waals surface area contributed by atoms with Crippen LogP contribution in [0, 0.1) is 5.82 Å². The standard InChI is InChI=1S/C30H33ClFN7O2/c1-3-39-25-10-7-19(29(36-33)37-34)15-24(25)35-27(39)17-38-13-11-18(12-14-38)21-5-4-6-26-28(21)41-30(2,40-26)22-9-8-20(31)16-23(22)32/h4-10,15-16,18H,3,11-14,17,33-34H2,1-2H3,(H,36,37). The molecule has 0 saturated carbocycles. The minimum atomic E-state index is -1.26. The summed E-state index contributed by atoms with van der Waals surface area (Å²) < 4.78 is 29.6. The summed E-state index contributed by atoms with van der Waals surface area (Å²) in [7, 11) is 0. The molecule has 1 saturated heterocycles. The van der Waals surface area contributed by atoms with Crippen molar-refractivity contribution in [2.45, 2.75) is 51.5 Å². The molecule has 1 aromatic heterocycles. The first kappa shape index (κ1) is 27.3. The molecular weight excluding hydrogens is 545 g/mol. The topological polar surface area (TPSA) is 116 Å². The van der Waals surface area contributed by atoms with Crippen molar-refractivity contribution in [2.75, 3.05) is 13.1 Å².